The number of amides is 2. The van der Waals surface area contributed by atoms with E-state index in [9.17, 15) is 9.59 Å². The van der Waals surface area contributed by atoms with E-state index in [4.69, 9.17) is 14.6 Å². The van der Waals surface area contributed by atoms with Crippen LogP contribution in [0.2, 0.25) is 0 Å². The van der Waals surface area contributed by atoms with Crippen LogP contribution in [0.25, 0.3) is 0 Å². The van der Waals surface area contributed by atoms with Crippen LogP contribution >= 0.6 is 0 Å². The second-order valence-electron chi connectivity index (χ2n) is 7.01. The third kappa shape index (κ3) is 4.85. The monoisotopic (exact) mass is 350 g/mol. The molecule has 0 bridgehead atoms. The molecule has 1 aromatic rings. The molecule has 0 saturated carbocycles. The standard InChI is InChI=1S/C18H26N2O5/c1-18(2,3)25-17(23)19-15-14(11-20(9-10-21)16(15)22)12-5-7-13(24-4)8-6-12/h5-8,14-15,21H,9-11H2,1-4H3,(H,19,23)/t14-,15+/m0/s1. The largest absolute Gasteiger partial charge is 0.497 e. The molecule has 1 fully saturated rings. The molecule has 2 N–H and O–H groups in total. The lowest BCUT2D eigenvalue weighted by atomic mass is 9.94. The summed E-state index contributed by atoms with van der Waals surface area (Å²) in [6, 6.07) is 6.67. The van der Waals surface area contributed by atoms with Gasteiger partial charge in [-0.2, -0.15) is 0 Å². The fourth-order valence-electron chi connectivity index (χ4n) is 2.87. The van der Waals surface area contributed by atoms with Crippen molar-refractivity contribution in [3.63, 3.8) is 0 Å². The molecule has 0 aromatic heterocycles. The fraction of sp³-hybridized carbons (Fsp3) is 0.556. The number of nitrogens with one attached hydrogen (secondary N) is 1. The van der Waals surface area contributed by atoms with Gasteiger partial charge < -0.3 is 24.8 Å². The predicted molar refractivity (Wildman–Crippen MR) is 92.6 cm³/mol. The smallest absolute Gasteiger partial charge is 0.408 e. The van der Waals surface area contributed by atoms with Gasteiger partial charge in [0.15, 0.2) is 0 Å². The molecule has 7 nitrogen and oxygen atoms in total. The van der Waals surface area contributed by atoms with E-state index >= 15 is 0 Å². The molecule has 2 amide bonds. The van der Waals surface area contributed by atoms with Gasteiger partial charge in [-0.15, -0.1) is 0 Å². The number of ether oxygens (including phenoxy) is 2. The summed E-state index contributed by atoms with van der Waals surface area (Å²) in [5, 5.41) is 11.9. The Morgan fingerprint density at radius 1 is 1.32 bits per heavy atom. The number of likely N-dealkylation sites (tertiary alicyclic amines) is 1. The van der Waals surface area contributed by atoms with Crippen LogP contribution in [0.4, 0.5) is 4.79 Å². The Labute approximate surface area is 147 Å². The highest BCUT2D eigenvalue weighted by Crippen LogP contribution is 2.30. The van der Waals surface area contributed by atoms with Gasteiger partial charge in [0, 0.05) is 19.0 Å². The van der Waals surface area contributed by atoms with E-state index in [-0.39, 0.29) is 25.0 Å². The van der Waals surface area contributed by atoms with Gasteiger partial charge in [0.25, 0.3) is 0 Å². The van der Waals surface area contributed by atoms with Gasteiger partial charge in [-0.05, 0) is 38.5 Å². The number of methoxy groups -OCH3 is 1. The number of carbonyl (C=O) groups is 2. The summed E-state index contributed by atoms with van der Waals surface area (Å²) < 4.78 is 10.4. The Morgan fingerprint density at radius 3 is 2.48 bits per heavy atom. The number of β-amino-alcohol motifs (C(OH)–C–C–N with tert-alkyl or cyclic N) is 1. The molecule has 0 aliphatic carbocycles. The first-order chi connectivity index (χ1) is 11.7. The third-order valence-electron chi connectivity index (χ3n) is 3.98. The second-order valence-corrected chi connectivity index (χ2v) is 7.01. The summed E-state index contributed by atoms with van der Waals surface area (Å²) in [5.41, 5.74) is 0.266. The average Bonchev–Trinajstić information content (AvgIpc) is 2.83. The maximum absolute atomic E-state index is 12.6. The zero-order valence-electron chi connectivity index (χ0n) is 15.1. The van der Waals surface area contributed by atoms with Crippen LogP contribution in [0, 0.1) is 0 Å². The molecule has 0 unspecified atom stereocenters. The Bertz CT molecular complexity index is 609. The highest BCUT2D eigenvalue weighted by molar-refractivity contribution is 5.89. The fourth-order valence-corrected chi connectivity index (χ4v) is 2.87. The third-order valence-corrected chi connectivity index (χ3v) is 3.98. The molecular formula is C18H26N2O5. The highest BCUT2D eigenvalue weighted by Gasteiger charge is 2.42. The number of carbonyl (C=O) groups excluding carboxylic acids is 2. The van der Waals surface area contributed by atoms with Crippen molar-refractivity contribution in [1.29, 1.82) is 0 Å². The Hall–Kier alpha value is -2.28. The van der Waals surface area contributed by atoms with Crippen LogP contribution in [0.1, 0.15) is 32.3 Å². The van der Waals surface area contributed by atoms with Crippen molar-refractivity contribution in [1.82, 2.24) is 10.2 Å². The lowest BCUT2D eigenvalue weighted by molar-refractivity contribution is -0.129. The molecular weight excluding hydrogens is 324 g/mol. The first-order valence-electron chi connectivity index (χ1n) is 8.28. The predicted octanol–water partition coefficient (Wildman–Crippen LogP) is 1.51. The summed E-state index contributed by atoms with van der Waals surface area (Å²) in [6.07, 6.45) is -0.629. The molecule has 2 atom stereocenters. The molecule has 1 heterocycles. The van der Waals surface area contributed by atoms with E-state index in [1.165, 1.54) is 0 Å². The highest BCUT2D eigenvalue weighted by atomic mass is 16.6. The molecule has 1 aliphatic heterocycles. The SMILES string of the molecule is COc1ccc([C@@H]2CN(CCO)C(=O)[C@@H]2NC(=O)OC(C)(C)C)cc1. The van der Waals surface area contributed by atoms with E-state index < -0.39 is 17.7 Å². The number of aliphatic hydroxyl groups is 1. The van der Waals surface area contributed by atoms with Crippen LogP contribution in [-0.2, 0) is 9.53 Å². The van der Waals surface area contributed by atoms with Gasteiger partial charge >= 0.3 is 6.09 Å². The van der Waals surface area contributed by atoms with Gasteiger partial charge in [0.05, 0.1) is 13.7 Å². The van der Waals surface area contributed by atoms with Crippen LogP contribution in [0.3, 0.4) is 0 Å². The zero-order chi connectivity index (χ0) is 18.6. The first kappa shape index (κ1) is 19.1. The molecule has 0 spiro atoms. The average molecular weight is 350 g/mol. The molecule has 7 heteroatoms. The minimum atomic E-state index is -0.727. The van der Waals surface area contributed by atoms with E-state index in [0.717, 1.165) is 11.3 Å². The Balaban J connectivity index is 2.21. The number of rotatable bonds is 5. The van der Waals surface area contributed by atoms with E-state index in [0.29, 0.717) is 6.54 Å². The van der Waals surface area contributed by atoms with Crippen LogP contribution in [0.15, 0.2) is 24.3 Å². The number of aliphatic hydroxyl groups excluding tert-OH is 1. The van der Waals surface area contributed by atoms with Crippen LogP contribution < -0.4 is 10.1 Å². The molecule has 25 heavy (non-hydrogen) atoms. The van der Waals surface area contributed by atoms with Gasteiger partial charge in [-0.1, -0.05) is 12.1 Å². The van der Waals surface area contributed by atoms with Gasteiger partial charge in [0.1, 0.15) is 17.4 Å². The van der Waals surface area contributed by atoms with E-state index in [1.54, 1.807) is 32.8 Å². The number of alkyl carbamates (subject to hydrolysis) is 1. The first-order valence-corrected chi connectivity index (χ1v) is 8.28. The Morgan fingerprint density at radius 2 is 1.96 bits per heavy atom. The maximum atomic E-state index is 12.6. The topological polar surface area (TPSA) is 88.1 Å². The summed E-state index contributed by atoms with van der Waals surface area (Å²) in [4.78, 5) is 26.3. The summed E-state index contributed by atoms with van der Waals surface area (Å²) in [5.74, 6) is 0.273. The number of nitrogens with zero attached hydrogens (tertiary/aromatic N) is 1. The number of benzene rings is 1. The molecule has 1 aromatic carbocycles. The molecule has 0 radical (unpaired) electrons. The van der Waals surface area contributed by atoms with Gasteiger partial charge in [-0.3, -0.25) is 4.79 Å². The number of hydrogen-bond acceptors (Lipinski definition) is 5. The van der Waals surface area contributed by atoms with Crippen molar-refractivity contribution in [3.8, 4) is 5.75 Å². The van der Waals surface area contributed by atoms with Gasteiger partial charge in [-0.25, -0.2) is 4.79 Å². The zero-order valence-corrected chi connectivity index (χ0v) is 15.1. The Kier molecular flexibility index (Phi) is 5.89. The molecule has 2 rings (SSSR count). The maximum Gasteiger partial charge on any atom is 0.408 e. The summed E-state index contributed by atoms with van der Waals surface area (Å²) in [6.45, 7) is 5.83. The van der Waals surface area contributed by atoms with Crippen molar-refractivity contribution in [3.05, 3.63) is 29.8 Å². The van der Waals surface area contributed by atoms with Crippen molar-refractivity contribution in [2.45, 2.75) is 38.3 Å². The lowest BCUT2D eigenvalue weighted by Gasteiger charge is -2.23. The second kappa shape index (κ2) is 7.74. The normalized spacial score (nSPS) is 20.5. The number of hydrogen-bond donors (Lipinski definition) is 2. The van der Waals surface area contributed by atoms with Crippen molar-refractivity contribution in [2.24, 2.45) is 0 Å². The van der Waals surface area contributed by atoms with Gasteiger partial charge in [0.2, 0.25) is 5.91 Å². The minimum Gasteiger partial charge on any atom is -0.497 e. The van der Waals surface area contributed by atoms with E-state index in [1.807, 2.05) is 24.3 Å². The molecule has 1 aliphatic rings. The minimum absolute atomic E-state index is 0.125. The molecule has 138 valence electrons. The quantitative estimate of drug-likeness (QED) is 0.840. The van der Waals surface area contributed by atoms with Crippen molar-refractivity contribution in [2.75, 3.05) is 26.8 Å². The summed E-state index contributed by atoms with van der Waals surface area (Å²) in [7, 11) is 1.59. The molecule has 1 saturated heterocycles. The summed E-state index contributed by atoms with van der Waals surface area (Å²) >= 11 is 0. The van der Waals surface area contributed by atoms with Crippen molar-refractivity contribution >= 4 is 12.0 Å². The lowest BCUT2D eigenvalue weighted by Crippen LogP contribution is -2.45. The van der Waals surface area contributed by atoms with Crippen molar-refractivity contribution < 1.29 is 24.2 Å². The van der Waals surface area contributed by atoms with E-state index in [2.05, 4.69) is 5.32 Å². The van der Waals surface area contributed by atoms with Crippen LogP contribution in [0.5, 0.6) is 5.75 Å². The van der Waals surface area contributed by atoms with Crippen LogP contribution in [-0.4, -0.2) is 60.5 Å².